The van der Waals surface area contributed by atoms with Gasteiger partial charge in [0.15, 0.2) is 0 Å². The van der Waals surface area contributed by atoms with E-state index in [1.165, 1.54) is 11.6 Å². The number of hydrogen-bond donors (Lipinski definition) is 0. The van der Waals surface area contributed by atoms with Crippen molar-refractivity contribution < 1.29 is 24.9 Å². The van der Waals surface area contributed by atoms with Gasteiger partial charge in [0.25, 0.3) is 0 Å². The standard InChI is InChI=1S/C11H11F3O3SSe/c1-19(2,17-18(15,16)11(12,13)14)9-8-10-6-4-3-5-7-10/h3-7H,1-2H3. The molecular formula is C11H11F3O3SSe. The number of rotatable bonds is 2. The van der Waals surface area contributed by atoms with Gasteiger partial charge in [-0.05, 0) is 0 Å². The number of alkyl halides is 3. The molecule has 0 fully saturated rings. The Morgan fingerprint density at radius 2 is 1.68 bits per heavy atom. The van der Waals surface area contributed by atoms with E-state index in [1.807, 2.05) is 0 Å². The first-order chi connectivity index (χ1) is 8.54. The van der Waals surface area contributed by atoms with Gasteiger partial charge in [0, 0.05) is 0 Å². The van der Waals surface area contributed by atoms with E-state index in [0.717, 1.165) is 0 Å². The molecule has 1 aromatic rings. The summed E-state index contributed by atoms with van der Waals surface area (Å²) >= 11 is -3.49. The molecule has 1 rings (SSSR count). The molecule has 0 saturated heterocycles. The predicted octanol–water partition coefficient (Wildman–Crippen LogP) is 2.65. The van der Waals surface area contributed by atoms with Crippen LogP contribution in [0.25, 0.3) is 0 Å². The van der Waals surface area contributed by atoms with Gasteiger partial charge in [0.1, 0.15) is 0 Å². The quantitative estimate of drug-likeness (QED) is 0.463. The molecule has 0 amide bonds. The molecule has 1 aromatic carbocycles. The van der Waals surface area contributed by atoms with Gasteiger partial charge in [-0.2, -0.15) is 0 Å². The van der Waals surface area contributed by atoms with Crippen molar-refractivity contribution in [3.05, 3.63) is 35.9 Å². The van der Waals surface area contributed by atoms with Crippen LogP contribution in [-0.2, 0) is 13.4 Å². The minimum absolute atomic E-state index is 0.584. The minimum atomic E-state index is -5.59. The Bertz CT molecular complexity index is 598. The predicted molar refractivity (Wildman–Crippen MR) is 66.9 cm³/mol. The van der Waals surface area contributed by atoms with E-state index in [2.05, 4.69) is 14.0 Å². The molecule has 0 spiro atoms. The normalized spacial score (nSPS) is 13.5. The molecule has 0 unspecified atom stereocenters. The van der Waals surface area contributed by atoms with Gasteiger partial charge in [-0.1, -0.05) is 0 Å². The first-order valence-corrected chi connectivity index (χ1v) is 11.3. The summed E-state index contributed by atoms with van der Waals surface area (Å²) in [5, 5.41) is 0. The Kier molecular flexibility index (Phi) is 4.69. The molecule has 19 heavy (non-hydrogen) atoms. The average molecular weight is 359 g/mol. The summed E-state index contributed by atoms with van der Waals surface area (Å²) in [6.45, 7) is 0. The zero-order chi connectivity index (χ0) is 14.7. The fourth-order valence-electron chi connectivity index (χ4n) is 0.983. The van der Waals surface area contributed by atoms with E-state index in [0.29, 0.717) is 5.56 Å². The Balaban J connectivity index is 2.93. The van der Waals surface area contributed by atoms with Gasteiger partial charge >= 0.3 is 112 Å². The van der Waals surface area contributed by atoms with E-state index < -0.39 is 28.8 Å². The van der Waals surface area contributed by atoms with Crippen molar-refractivity contribution in [2.24, 2.45) is 0 Å². The Morgan fingerprint density at radius 1 is 1.16 bits per heavy atom. The Labute approximate surface area is 112 Å². The molecule has 0 bridgehead atoms. The van der Waals surface area contributed by atoms with Crippen molar-refractivity contribution in [2.45, 2.75) is 17.2 Å². The maximum atomic E-state index is 12.2. The van der Waals surface area contributed by atoms with Crippen molar-refractivity contribution in [1.82, 2.24) is 0 Å². The Hall–Kier alpha value is -1.00. The van der Waals surface area contributed by atoms with Gasteiger partial charge in [-0.15, -0.1) is 0 Å². The number of benzene rings is 1. The van der Waals surface area contributed by atoms with Gasteiger partial charge in [0.2, 0.25) is 0 Å². The van der Waals surface area contributed by atoms with E-state index >= 15 is 0 Å². The summed E-state index contributed by atoms with van der Waals surface area (Å²) in [7, 11) is -5.59. The van der Waals surface area contributed by atoms with Crippen molar-refractivity contribution >= 4 is 23.3 Å². The van der Waals surface area contributed by atoms with Crippen molar-refractivity contribution in [1.29, 1.82) is 0 Å². The van der Waals surface area contributed by atoms with Crippen LogP contribution < -0.4 is 0 Å². The second-order valence-electron chi connectivity index (χ2n) is 3.79. The van der Waals surface area contributed by atoms with Crippen molar-refractivity contribution in [2.75, 3.05) is 0 Å². The van der Waals surface area contributed by atoms with E-state index in [1.54, 1.807) is 30.3 Å². The summed E-state index contributed by atoms with van der Waals surface area (Å²) in [5.41, 5.74) is -4.84. The third-order valence-electron chi connectivity index (χ3n) is 1.76. The second kappa shape index (κ2) is 5.55. The molecule has 0 aliphatic heterocycles. The maximum absolute atomic E-state index is 12.2. The average Bonchev–Trinajstić information content (AvgIpc) is 2.25. The van der Waals surface area contributed by atoms with Gasteiger partial charge in [0.05, 0.1) is 0 Å². The molecule has 8 heteroatoms. The molecule has 0 radical (unpaired) electrons. The molecule has 0 aliphatic rings. The van der Waals surface area contributed by atoms with Crippen LogP contribution in [0.4, 0.5) is 13.2 Å². The fraction of sp³-hybridized carbons (Fsp3) is 0.273. The number of hydrogen-bond acceptors (Lipinski definition) is 3. The molecule has 0 heterocycles. The molecule has 0 atom stereocenters. The monoisotopic (exact) mass is 360 g/mol. The van der Waals surface area contributed by atoms with Crippen LogP contribution in [0.15, 0.2) is 30.3 Å². The third kappa shape index (κ3) is 4.88. The summed E-state index contributed by atoms with van der Waals surface area (Å²) in [6, 6.07) is 8.53. The van der Waals surface area contributed by atoms with E-state index in [-0.39, 0.29) is 0 Å². The van der Waals surface area contributed by atoms with Crippen LogP contribution in [0.2, 0.25) is 11.6 Å². The first-order valence-electron chi connectivity index (χ1n) is 4.87. The van der Waals surface area contributed by atoms with Crippen molar-refractivity contribution in [3.8, 4) is 10.7 Å². The van der Waals surface area contributed by atoms with Crippen LogP contribution in [0.1, 0.15) is 5.56 Å². The van der Waals surface area contributed by atoms with E-state index in [4.69, 9.17) is 0 Å². The Morgan fingerprint density at radius 3 is 2.16 bits per heavy atom. The van der Waals surface area contributed by atoms with Gasteiger partial charge in [-0.3, -0.25) is 0 Å². The molecule has 3 nitrogen and oxygen atoms in total. The van der Waals surface area contributed by atoms with Crippen LogP contribution in [0, 0.1) is 10.7 Å². The van der Waals surface area contributed by atoms with Crippen LogP contribution in [-0.4, -0.2) is 27.1 Å². The third-order valence-corrected chi connectivity index (χ3v) is 7.36. The summed E-state index contributed by atoms with van der Waals surface area (Å²) in [4.78, 5) is 2.51. The van der Waals surface area contributed by atoms with Crippen molar-refractivity contribution in [3.63, 3.8) is 0 Å². The van der Waals surface area contributed by atoms with Gasteiger partial charge in [-0.25, -0.2) is 0 Å². The summed E-state index contributed by atoms with van der Waals surface area (Å²) in [6.07, 6.45) is 0. The second-order valence-corrected chi connectivity index (χ2v) is 11.8. The fourth-order valence-corrected chi connectivity index (χ4v) is 5.82. The zero-order valence-electron chi connectivity index (χ0n) is 10.1. The van der Waals surface area contributed by atoms with Crippen LogP contribution in [0.3, 0.4) is 0 Å². The molecule has 0 aliphatic carbocycles. The SMILES string of the molecule is C[Se](C)(C#Cc1ccccc1)OS(=O)(=O)C(F)(F)F. The van der Waals surface area contributed by atoms with Crippen LogP contribution >= 0.6 is 0 Å². The molecule has 0 N–H and O–H groups in total. The topological polar surface area (TPSA) is 43.4 Å². The molecule has 0 aromatic heterocycles. The summed E-state index contributed by atoms with van der Waals surface area (Å²) in [5.74, 6) is 5.22. The number of halogens is 3. The summed E-state index contributed by atoms with van der Waals surface area (Å²) < 4.78 is 62.6. The molecular weight excluding hydrogens is 348 g/mol. The molecule has 0 saturated carbocycles. The zero-order valence-corrected chi connectivity index (χ0v) is 12.6. The first kappa shape index (κ1) is 16.1. The molecule has 106 valence electrons. The van der Waals surface area contributed by atoms with E-state index in [9.17, 15) is 21.6 Å². The van der Waals surface area contributed by atoms with Crippen LogP contribution in [0.5, 0.6) is 0 Å². The van der Waals surface area contributed by atoms with Gasteiger partial charge < -0.3 is 0 Å².